The summed E-state index contributed by atoms with van der Waals surface area (Å²) >= 11 is 1.05. The van der Waals surface area contributed by atoms with Crippen LogP contribution >= 0.6 is 11.3 Å². The van der Waals surface area contributed by atoms with Gasteiger partial charge in [0.2, 0.25) is 5.91 Å². The molecule has 172 valence electrons. The molecule has 0 saturated heterocycles. The van der Waals surface area contributed by atoms with Crippen molar-refractivity contribution in [2.75, 3.05) is 24.4 Å². The summed E-state index contributed by atoms with van der Waals surface area (Å²) in [5.74, 6) is -0.551. The molecule has 7 nitrogen and oxygen atoms in total. The third kappa shape index (κ3) is 5.98. The molecule has 0 atom stereocenters. The van der Waals surface area contributed by atoms with Crippen molar-refractivity contribution in [2.24, 2.45) is 0 Å². The lowest BCUT2D eigenvalue weighted by Gasteiger charge is -2.08. The molecule has 1 heterocycles. The molecule has 0 spiro atoms. The second-order valence-electron chi connectivity index (χ2n) is 7.38. The number of rotatable bonds is 8. The fourth-order valence-corrected chi connectivity index (χ4v) is 4.38. The average Bonchev–Trinajstić information content (AvgIpc) is 3.10. The zero-order chi connectivity index (χ0) is 24.0. The molecule has 2 amide bonds. The molecule has 8 heteroatoms. The number of thiophene rings is 1. The Bertz CT molecular complexity index is 1170. The van der Waals surface area contributed by atoms with Crippen LogP contribution < -0.4 is 15.4 Å². The minimum Gasteiger partial charge on any atom is -0.497 e. The van der Waals surface area contributed by atoms with Crippen molar-refractivity contribution in [3.05, 3.63) is 75.7 Å². The van der Waals surface area contributed by atoms with Gasteiger partial charge in [-0.1, -0.05) is 24.3 Å². The first kappa shape index (κ1) is 24.0. The Labute approximate surface area is 196 Å². The van der Waals surface area contributed by atoms with E-state index in [0.717, 1.165) is 22.5 Å². The van der Waals surface area contributed by atoms with E-state index >= 15 is 0 Å². The maximum atomic E-state index is 13.0. The highest BCUT2D eigenvalue weighted by Gasteiger charge is 2.26. The van der Waals surface area contributed by atoms with E-state index in [1.54, 1.807) is 51.3 Å². The molecule has 0 aliphatic carbocycles. The summed E-state index contributed by atoms with van der Waals surface area (Å²) in [5, 5.41) is 5.92. The lowest BCUT2D eigenvalue weighted by Crippen LogP contribution is -2.16. The molecular formula is C25H26N2O5S. The summed E-state index contributed by atoms with van der Waals surface area (Å²) in [6, 6.07) is 14.6. The van der Waals surface area contributed by atoms with Gasteiger partial charge in [-0.05, 0) is 61.7 Å². The number of carbonyl (C=O) groups excluding carboxylic acids is 3. The Morgan fingerprint density at radius 2 is 1.73 bits per heavy atom. The largest absolute Gasteiger partial charge is 0.497 e. The number of nitrogens with one attached hydrogen (secondary N) is 2. The van der Waals surface area contributed by atoms with E-state index in [2.05, 4.69) is 10.6 Å². The first-order valence-corrected chi connectivity index (χ1v) is 11.2. The number of anilines is 2. The third-order valence-corrected chi connectivity index (χ3v) is 6.09. The number of aryl methyl sites for hydroxylation is 1. The standard InChI is InChI=1S/C25H26N2O5S/c1-5-32-25(30)21-16(3)22(23(29)26-18-8-6-7-15(2)13-18)33-24(21)27-20(28)14-17-9-11-19(31-4)12-10-17/h6-13H,5,14H2,1-4H3,(H,26,29)(H,27,28). The molecule has 0 aliphatic rings. The second kappa shape index (κ2) is 10.8. The molecule has 0 aliphatic heterocycles. The first-order valence-electron chi connectivity index (χ1n) is 10.4. The lowest BCUT2D eigenvalue weighted by atomic mass is 10.1. The number of hydrogen-bond donors (Lipinski definition) is 2. The summed E-state index contributed by atoms with van der Waals surface area (Å²) in [4.78, 5) is 38.6. The molecule has 0 unspecified atom stereocenters. The molecule has 33 heavy (non-hydrogen) atoms. The molecule has 0 radical (unpaired) electrons. The van der Waals surface area contributed by atoms with E-state index in [-0.39, 0.29) is 30.4 Å². The Hall–Kier alpha value is -3.65. The number of ether oxygens (including phenoxy) is 2. The molecule has 0 bridgehead atoms. The van der Waals surface area contributed by atoms with Crippen LogP contribution in [0.2, 0.25) is 0 Å². The number of benzene rings is 2. The zero-order valence-electron chi connectivity index (χ0n) is 19.0. The van der Waals surface area contributed by atoms with Gasteiger partial charge in [-0.15, -0.1) is 11.3 Å². The van der Waals surface area contributed by atoms with E-state index in [9.17, 15) is 14.4 Å². The monoisotopic (exact) mass is 466 g/mol. The Morgan fingerprint density at radius 3 is 2.36 bits per heavy atom. The van der Waals surface area contributed by atoms with Gasteiger partial charge in [-0.3, -0.25) is 9.59 Å². The van der Waals surface area contributed by atoms with Crippen molar-refractivity contribution in [3.8, 4) is 5.75 Å². The molecule has 3 aromatic rings. The van der Waals surface area contributed by atoms with Crippen LogP contribution in [0.5, 0.6) is 5.75 Å². The predicted octanol–water partition coefficient (Wildman–Crippen LogP) is 4.98. The highest BCUT2D eigenvalue weighted by molar-refractivity contribution is 7.18. The van der Waals surface area contributed by atoms with Crippen molar-refractivity contribution in [1.29, 1.82) is 0 Å². The molecular weight excluding hydrogens is 440 g/mol. The zero-order valence-corrected chi connectivity index (χ0v) is 19.8. The summed E-state index contributed by atoms with van der Waals surface area (Å²) in [6.45, 7) is 5.49. The van der Waals surface area contributed by atoms with Crippen molar-refractivity contribution in [2.45, 2.75) is 27.2 Å². The van der Waals surface area contributed by atoms with Crippen LogP contribution in [0.15, 0.2) is 48.5 Å². The number of amides is 2. The van der Waals surface area contributed by atoms with E-state index in [0.29, 0.717) is 26.9 Å². The smallest absolute Gasteiger partial charge is 0.341 e. The number of hydrogen-bond acceptors (Lipinski definition) is 6. The predicted molar refractivity (Wildman–Crippen MR) is 129 cm³/mol. The average molecular weight is 467 g/mol. The van der Waals surface area contributed by atoms with Crippen LogP contribution in [0, 0.1) is 13.8 Å². The highest BCUT2D eigenvalue weighted by Crippen LogP contribution is 2.34. The van der Waals surface area contributed by atoms with Gasteiger partial charge in [-0.25, -0.2) is 4.79 Å². The van der Waals surface area contributed by atoms with Crippen molar-refractivity contribution in [1.82, 2.24) is 0 Å². The number of carbonyl (C=O) groups is 3. The summed E-state index contributed by atoms with van der Waals surface area (Å²) in [7, 11) is 1.57. The highest BCUT2D eigenvalue weighted by atomic mass is 32.1. The fourth-order valence-electron chi connectivity index (χ4n) is 3.28. The normalized spacial score (nSPS) is 10.4. The van der Waals surface area contributed by atoms with E-state index < -0.39 is 5.97 Å². The summed E-state index contributed by atoms with van der Waals surface area (Å²) in [6.07, 6.45) is 0.105. The van der Waals surface area contributed by atoms with Gasteiger partial charge in [-0.2, -0.15) is 0 Å². The topological polar surface area (TPSA) is 93.7 Å². The van der Waals surface area contributed by atoms with Crippen molar-refractivity contribution >= 4 is 39.8 Å². The van der Waals surface area contributed by atoms with Crippen LogP contribution in [-0.2, 0) is 16.0 Å². The molecule has 0 fully saturated rings. The van der Waals surface area contributed by atoms with Crippen LogP contribution in [0.4, 0.5) is 10.7 Å². The van der Waals surface area contributed by atoms with Gasteiger partial charge in [0.25, 0.3) is 5.91 Å². The molecule has 2 aromatic carbocycles. The minimum absolute atomic E-state index is 0.105. The first-order chi connectivity index (χ1) is 15.8. The van der Waals surface area contributed by atoms with E-state index in [1.807, 2.05) is 25.1 Å². The van der Waals surface area contributed by atoms with Crippen molar-refractivity contribution < 1.29 is 23.9 Å². The second-order valence-corrected chi connectivity index (χ2v) is 8.40. The summed E-state index contributed by atoms with van der Waals surface area (Å²) in [5.41, 5.74) is 3.10. The Morgan fingerprint density at radius 1 is 1.00 bits per heavy atom. The lowest BCUT2D eigenvalue weighted by molar-refractivity contribution is -0.115. The van der Waals surface area contributed by atoms with Gasteiger partial charge >= 0.3 is 5.97 Å². The van der Waals surface area contributed by atoms with Crippen LogP contribution in [0.1, 0.15) is 43.6 Å². The van der Waals surface area contributed by atoms with E-state index in [4.69, 9.17) is 9.47 Å². The fraction of sp³-hybridized carbons (Fsp3) is 0.240. The van der Waals surface area contributed by atoms with Crippen LogP contribution in [0.25, 0.3) is 0 Å². The molecule has 3 rings (SSSR count). The molecule has 2 N–H and O–H groups in total. The maximum absolute atomic E-state index is 13.0. The maximum Gasteiger partial charge on any atom is 0.341 e. The number of methoxy groups -OCH3 is 1. The van der Waals surface area contributed by atoms with Crippen molar-refractivity contribution in [3.63, 3.8) is 0 Å². The summed E-state index contributed by atoms with van der Waals surface area (Å²) < 4.78 is 10.3. The van der Waals surface area contributed by atoms with Gasteiger partial charge in [0.1, 0.15) is 10.8 Å². The van der Waals surface area contributed by atoms with Crippen LogP contribution in [-0.4, -0.2) is 31.5 Å². The molecule has 0 saturated carbocycles. The van der Waals surface area contributed by atoms with Gasteiger partial charge in [0.15, 0.2) is 0 Å². The van der Waals surface area contributed by atoms with Gasteiger partial charge < -0.3 is 20.1 Å². The third-order valence-electron chi connectivity index (χ3n) is 4.89. The van der Waals surface area contributed by atoms with Crippen LogP contribution in [0.3, 0.4) is 0 Å². The van der Waals surface area contributed by atoms with Gasteiger partial charge in [0.05, 0.1) is 30.6 Å². The Balaban J connectivity index is 1.85. The number of esters is 1. The molecule has 1 aromatic heterocycles. The minimum atomic E-state index is -0.583. The SMILES string of the molecule is CCOC(=O)c1c(NC(=O)Cc2ccc(OC)cc2)sc(C(=O)Nc2cccc(C)c2)c1C. The van der Waals surface area contributed by atoms with E-state index in [1.165, 1.54) is 0 Å². The Kier molecular flexibility index (Phi) is 7.84. The quantitative estimate of drug-likeness (QED) is 0.457. The van der Waals surface area contributed by atoms with Gasteiger partial charge in [0, 0.05) is 5.69 Å².